The Labute approximate surface area is 206 Å². The molecule has 2 bridgehead atoms. The van der Waals surface area contributed by atoms with E-state index in [1.165, 1.54) is 5.56 Å². The molecule has 6 heteroatoms. The summed E-state index contributed by atoms with van der Waals surface area (Å²) < 4.78 is 6.64. The van der Waals surface area contributed by atoms with Crippen LogP contribution in [0.15, 0.2) is 66.7 Å². The number of aryl methyl sites for hydroxylation is 3. The van der Waals surface area contributed by atoms with Crippen molar-refractivity contribution in [2.45, 2.75) is 45.9 Å². The molecule has 0 spiro atoms. The maximum Gasteiger partial charge on any atom is 0.236 e. The summed E-state index contributed by atoms with van der Waals surface area (Å²) in [7, 11) is 0. The smallest absolute Gasteiger partial charge is 0.236 e. The number of fused-ring (bicyclic) bond motifs is 4. The molecule has 1 amide bonds. The highest BCUT2D eigenvalue weighted by Gasteiger charge is 2.59. The van der Waals surface area contributed by atoms with Crippen molar-refractivity contribution < 1.29 is 9.53 Å². The van der Waals surface area contributed by atoms with E-state index in [1.54, 1.807) is 0 Å². The van der Waals surface area contributed by atoms with Crippen molar-refractivity contribution in [1.82, 2.24) is 5.32 Å². The van der Waals surface area contributed by atoms with E-state index in [0.717, 1.165) is 40.2 Å². The molecule has 2 aliphatic rings. The molecular formula is C28H29N3O2S. The van der Waals surface area contributed by atoms with Crippen molar-refractivity contribution in [1.29, 1.82) is 0 Å². The van der Waals surface area contributed by atoms with Crippen molar-refractivity contribution in [3.05, 3.63) is 89.0 Å². The molecule has 0 saturated carbocycles. The zero-order chi connectivity index (χ0) is 24.0. The van der Waals surface area contributed by atoms with E-state index in [0.29, 0.717) is 5.11 Å². The Kier molecular flexibility index (Phi) is 5.56. The number of hydrogen-bond acceptors (Lipinski definition) is 3. The van der Waals surface area contributed by atoms with Crippen LogP contribution in [0.1, 0.15) is 42.1 Å². The van der Waals surface area contributed by atoms with Crippen molar-refractivity contribution in [2.24, 2.45) is 5.92 Å². The van der Waals surface area contributed by atoms with E-state index in [4.69, 9.17) is 17.0 Å². The van der Waals surface area contributed by atoms with E-state index in [-0.39, 0.29) is 11.9 Å². The van der Waals surface area contributed by atoms with Gasteiger partial charge in [0.1, 0.15) is 11.7 Å². The number of ether oxygens (including phenoxy) is 1. The highest BCUT2D eigenvalue weighted by molar-refractivity contribution is 7.80. The third-order valence-electron chi connectivity index (χ3n) is 6.93. The molecule has 174 valence electrons. The van der Waals surface area contributed by atoms with E-state index in [9.17, 15) is 4.79 Å². The predicted octanol–water partition coefficient (Wildman–Crippen LogP) is 5.67. The number of amides is 1. The number of hydrogen-bond donors (Lipinski definition) is 2. The van der Waals surface area contributed by atoms with Crippen LogP contribution in [-0.4, -0.2) is 16.7 Å². The lowest BCUT2D eigenvalue weighted by Crippen LogP contribution is -2.72. The molecule has 0 unspecified atom stereocenters. The van der Waals surface area contributed by atoms with Gasteiger partial charge in [0.25, 0.3) is 0 Å². The topological polar surface area (TPSA) is 53.6 Å². The maximum atomic E-state index is 13.9. The van der Waals surface area contributed by atoms with Crippen LogP contribution in [0.25, 0.3) is 0 Å². The summed E-state index contributed by atoms with van der Waals surface area (Å²) >= 11 is 5.83. The SMILES string of the molecule is CCc1ccc(N2C(=S)N[C@@H]3c4ccccc4O[C@@]2(C)[C@@H]3C(=O)Nc2ccc(C)cc2C)cc1. The summed E-state index contributed by atoms with van der Waals surface area (Å²) in [6, 6.07) is 21.9. The number of thiocarbonyl (C=S) groups is 1. The molecule has 3 aromatic carbocycles. The minimum absolute atomic E-state index is 0.112. The second kappa shape index (κ2) is 8.44. The van der Waals surface area contributed by atoms with Gasteiger partial charge in [0, 0.05) is 16.9 Å². The zero-order valence-electron chi connectivity index (χ0n) is 19.9. The molecule has 0 radical (unpaired) electrons. The van der Waals surface area contributed by atoms with Gasteiger partial charge in [0.2, 0.25) is 5.91 Å². The molecule has 1 saturated heterocycles. The fraction of sp³-hybridized carbons (Fsp3) is 0.286. The highest BCUT2D eigenvalue weighted by Crippen LogP contribution is 2.49. The van der Waals surface area contributed by atoms with Gasteiger partial charge in [-0.05, 0) is 74.8 Å². The average Bonchev–Trinajstić information content (AvgIpc) is 2.80. The van der Waals surface area contributed by atoms with Crippen LogP contribution in [0.3, 0.4) is 0 Å². The number of benzene rings is 3. The Balaban J connectivity index is 1.60. The maximum absolute atomic E-state index is 13.9. The first-order valence-electron chi connectivity index (χ1n) is 11.7. The molecule has 5 nitrogen and oxygen atoms in total. The number of rotatable bonds is 4. The Bertz CT molecular complexity index is 1270. The van der Waals surface area contributed by atoms with Gasteiger partial charge in [-0.25, -0.2) is 0 Å². The van der Waals surface area contributed by atoms with Gasteiger partial charge in [-0.3, -0.25) is 9.69 Å². The molecule has 34 heavy (non-hydrogen) atoms. The summed E-state index contributed by atoms with van der Waals surface area (Å²) in [5.74, 6) is 0.0931. The largest absolute Gasteiger partial charge is 0.467 e. The molecule has 0 aliphatic carbocycles. The minimum atomic E-state index is -1.02. The van der Waals surface area contributed by atoms with Crippen molar-refractivity contribution >= 4 is 34.6 Å². The average molecular weight is 472 g/mol. The zero-order valence-corrected chi connectivity index (χ0v) is 20.7. The molecule has 2 aliphatic heterocycles. The van der Waals surface area contributed by atoms with Crippen LogP contribution in [0.2, 0.25) is 0 Å². The first-order valence-corrected chi connectivity index (χ1v) is 12.1. The van der Waals surface area contributed by atoms with E-state index in [2.05, 4.69) is 35.8 Å². The normalized spacial score (nSPS) is 22.9. The number of carbonyl (C=O) groups excluding carboxylic acids is 1. The number of nitrogens with one attached hydrogen (secondary N) is 2. The molecule has 0 aromatic heterocycles. The predicted molar refractivity (Wildman–Crippen MR) is 140 cm³/mol. The lowest BCUT2D eigenvalue weighted by atomic mass is 9.78. The third kappa shape index (κ3) is 3.62. The molecular weight excluding hydrogens is 442 g/mol. The first-order chi connectivity index (χ1) is 16.3. The number of anilines is 2. The minimum Gasteiger partial charge on any atom is -0.467 e. The Morgan fingerprint density at radius 1 is 1.12 bits per heavy atom. The van der Waals surface area contributed by atoms with Crippen LogP contribution in [0, 0.1) is 19.8 Å². The van der Waals surface area contributed by atoms with Gasteiger partial charge in [0.05, 0.1) is 6.04 Å². The highest BCUT2D eigenvalue weighted by atomic mass is 32.1. The lowest BCUT2D eigenvalue weighted by molar-refractivity contribution is -0.130. The van der Waals surface area contributed by atoms with Crippen LogP contribution in [0.4, 0.5) is 11.4 Å². The van der Waals surface area contributed by atoms with Crippen LogP contribution >= 0.6 is 12.2 Å². The van der Waals surface area contributed by atoms with Gasteiger partial charge in [-0.15, -0.1) is 0 Å². The standard InChI is InChI=1S/C28H29N3O2S/c1-5-19-11-13-20(14-12-19)31-27(34)30-25-21-8-6-7-9-23(21)33-28(31,4)24(25)26(32)29-22-15-10-17(2)16-18(22)3/h6-16,24-25H,5H2,1-4H3,(H,29,32)(H,30,34)/t24-,25+,28-/m0/s1. The third-order valence-corrected chi connectivity index (χ3v) is 7.23. The molecule has 2 N–H and O–H groups in total. The van der Waals surface area contributed by atoms with Gasteiger partial charge < -0.3 is 15.4 Å². The molecule has 1 fully saturated rings. The van der Waals surface area contributed by atoms with Crippen molar-refractivity contribution in [3.63, 3.8) is 0 Å². The van der Waals surface area contributed by atoms with Crippen LogP contribution in [-0.2, 0) is 11.2 Å². The first kappa shape index (κ1) is 22.4. The fourth-order valence-corrected chi connectivity index (χ4v) is 5.58. The lowest BCUT2D eigenvalue weighted by Gasteiger charge is -2.56. The van der Waals surface area contributed by atoms with Crippen molar-refractivity contribution in [2.75, 3.05) is 10.2 Å². The number of para-hydroxylation sites is 1. The molecule has 3 atom stereocenters. The van der Waals surface area contributed by atoms with Gasteiger partial charge in [-0.1, -0.05) is 55.0 Å². The Morgan fingerprint density at radius 2 is 1.85 bits per heavy atom. The second-order valence-corrected chi connectivity index (χ2v) is 9.65. The second-order valence-electron chi connectivity index (χ2n) is 9.26. The van der Waals surface area contributed by atoms with Gasteiger partial charge >= 0.3 is 0 Å². The summed E-state index contributed by atoms with van der Waals surface area (Å²) in [5.41, 5.74) is 5.03. The van der Waals surface area contributed by atoms with E-state index >= 15 is 0 Å². The summed E-state index contributed by atoms with van der Waals surface area (Å²) in [4.78, 5) is 15.9. The van der Waals surface area contributed by atoms with Crippen LogP contribution < -0.4 is 20.3 Å². The van der Waals surface area contributed by atoms with E-state index < -0.39 is 11.6 Å². The summed E-state index contributed by atoms with van der Waals surface area (Å²) in [6.45, 7) is 8.14. The summed E-state index contributed by atoms with van der Waals surface area (Å²) in [5, 5.41) is 7.17. The molecule has 5 rings (SSSR count). The monoisotopic (exact) mass is 471 g/mol. The Morgan fingerprint density at radius 3 is 2.56 bits per heavy atom. The van der Waals surface area contributed by atoms with Gasteiger partial charge in [-0.2, -0.15) is 0 Å². The summed E-state index contributed by atoms with van der Waals surface area (Å²) in [6.07, 6.45) is 0.952. The molecule has 2 heterocycles. The number of carbonyl (C=O) groups is 1. The fourth-order valence-electron chi connectivity index (χ4n) is 5.16. The van der Waals surface area contributed by atoms with Crippen LogP contribution in [0.5, 0.6) is 5.75 Å². The number of nitrogens with zero attached hydrogens (tertiary/aromatic N) is 1. The quantitative estimate of drug-likeness (QED) is 0.481. The Hall–Kier alpha value is -3.38. The molecule has 3 aromatic rings. The van der Waals surface area contributed by atoms with Gasteiger partial charge in [0.15, 0.2) is 10.8 Å². The van der Waals surface area contributed by atoms with Crippen molar-refractivity contribution in [3.8, 4) is 5.75 Å². The van der Waals surface area contributed by atoms with E-state index in [1.807, 2.05) is 74.2 Å².